The molecule has 22 heavy (non-hydrogen) atoms. The number of benzene rings is 1. The van der Waals surface area contributed by atoms with Crippen LogP contribution in [0.3, 0.4) is 0 Å². The molecule has 1 aromatic carbocycles. The van der Waals surface area contributed by atoms with Gasteiger partial charge in [0.25, 0.3) is 5.91 Å². The van der Waals surface area contributed by atoms with Crippen LogP contribution in [0.1, 0.15) is 28.5 Å². The normalized spacial score (nSPS) is 10.4. The van der Waals surface area contributed by atoms with Gasteiger partial charge in [0, 0.05) is 11.3 Å². The third-order valence-corrected chi connectivity index (χ3v) is 3.30. The minimum absolute atomic E-state index is 0.166. The van der Waals surface area contributed by atoms with Crippen molar-refractivity contribution in [2.24, 2.45) is 0 Å². The van der Waals surface area contributed by atoms with Gasteiger partial charge in [-0.15, -0.1) is 0 Å². The van der Waals surface area contributed by atoms with Crippen molar-refractivity contribution in [3.8, 4) is 5.75 Å². The Bertz CT molecular complexity index is 689. The summed E-state index contributed by atoms with van der Waals surface area (Å²) >= 11 is 5.78. The molecule has 5 nitrogen and oxygen atoms in total. The van der Waals surface area contributed by atoms with Gasteiger partial charge in [-0.05, 0) is 44.2 Å². The summed E-state index contributed by atoms with van der Waals surface area (Å²) in [5.41, 5.74) is 2.19. The molecule has 0 bridgehead atoms. The Balaban J connectivity index is 2.21. The Hall–Kier alpha value is -2.11. The SMILES string of the molecule is CCOc1ccc(NC(=O)c2ccc(Cl)nc2C)cc1CO. The standard InChI is InChI=1S/C16H17ClN2O3/c1-3-22-14-6-4-12(8-11(14)9-20)19-16(21)13-5-7-15(17)18-10(13)2/h4-8,20H,3,9H2,1-2H3,(H,19,21). The molecule has 0 radical (unpaired) electrons. The molecule has 0 aliphatic rings. The lowest BCUT2D eigenvalue weighted by atomic mass is 10.1. The molecular weight excluding hydrogens is 304 g/mol. The van der Waals surface area contributed by atoms with E-state index in [9.17, 15) is 9.90 Å². The number of pyridine rings is 1. The van der Waals surface area contributed by atoms with Gasteiger partial charge < -0.3 is 15.2 Å². The van der Waals surface area contributed by atoms with Crippen LogP contribution in [-0.2, 0) is 6.61 Å². The lowest BCUT2D eigenvalue weighted by Gasteiger charge is -2.12. The van der Waals surface area contributed by atoms with E-state index in [0.717, 1.165) is 0 Å². The Morgan fingerprint density at radius 3 is 2.77 bits per heavy atom. The highest BCUT2D eigenvalue weighted by molar-refractivity contribution is 6.29. The van der Waals surface area contributed by atoms with Crippen LogP contribution in [-0.4, -0.2) is 22.6 Å². The minimum atomic E-state index is -0.283. The molecule has 116 valence electrons. The van der Waals surface area contributed by atoms with E-state index in [1.165, 1.54) is 0 Å². The summed E-state index contributed by atoms with van der Waals surface area (Å²) < 4.78 is 5.41. The molecule has 1 amide bonds. The van der Waals surface area contributed by atoms with E-state index in [0.29, 0.717) is 40.0 Å². The largest absolute Gasteiger partial charge is 0.494 e. The third-order valence-electron chi connectivity index (χ3n) is 3.08. The summed E-state index contributed by atoms with van der Waals surface area (Å²) in [5, 5.41) is 12.5. The van der Waals surface area contributed by atoms with Gasteiger partial charge in [-0.3, -0.25) is 4.79 Å². The molecule has 0 fully saturated rings. The van der Waals surface area contributed by atoms with Crippen LogP contribution in [0.15, 0.2) is 30.3 Å². The van der Waals surface area contributed by atoms with Gasteiger partial charge in [-0.1, -0.05) is 11.6 Å². The van der Waals surface area contributed by atoms with E-state index in [1.54, 1.807) is 37.3 Å². The molecule has 2 N–H and O–H groups in total. The van der Waals surface area contributed by atoms with E-state index < -0.39 is 0 Å². The highest BCUT2D eigenvalue weighted by atomic mass is 35.5. The zero-order chi connectivity index (χ0) is 16.1. The number of halogens is 1. The summed E-state index contributed by atoms with van der Waals surface area (Å²) in [6.07, 6.45) is 0. The molecule has 6 heteroatoms. The van der Waals surface area contributed by atoms with Gasteiger partial charge >= 0.3 is 0 Å². The summed E-state index contributed by atoms with van der Waals surface area (Å²) in [7, 11) is 0. The van der Waals surface area contributed by atoms with Gasteiger partial charge in [0.2, 0.25) is 0 Å². The van der Waals surface area contributed by atoms with Crippen LogP contribution in [0.5, 0.6) is 5.75 Å². The molecule has 0 aliphatic heterocycles. The number of hydrogen-bond donors (Lipinski definition) is 2. The number of nitrogens with zero attached hydrogens (tertiary/aromatic N) is 1. The number of hydrogen-bond acceptors (Lipinski definition) is 4. The number of amides is 1. The Morgan fingerprint density at radius 2 is 2.14 bits per heavy atom. The number of anilines is 1. The average molecular weight is 321 g/mol. The molecule has 1 aromatic heterocycles. The Kier molecular flexibility index (Phi) is 5.35. The van der Waals surface area contributed by atoms with Crippen molar-refractivity contribution in [2.75, 3.05) is 11.9 Å². The molecule has 2 aromatic rings. The quantitative estimate of drug-likeness (QED) is 0.830. The second-order valence-corrected chi connectivity index (χ2v) is 5.02. The van der Waals surface area contributed by atoms with Crippen LogP contribution in [0.4, 0.5) is 5.69 Å². The molecule has 0 saturated carbocycles. The molecule has 2 rings (SSSR count). The second-order valence-electron chi connectivity index (χ2n) is 4.63. The lowest BCUT2D eigenvalue weighted by molar-refractivity contribution is 0.102. The number of aliphatic hydroxyl groups excluding tert-OH is 1. The minimum Gasteiger partial charge on any atom is -0.494 e. The topological polar surface area (TPSA) is 71.5 Å². The maximum Gasteiger partial charge on any atom is 0.257 e. The molecule has 0 unspecified atom stereocenters. The highest BCUT2D eigenvalue weighted by Gasteiger charge is 2.12. The first-order chi connectivity index (χ1) is 10.5. The number of aliphatic hydroxyl groups is 1. The number of rotatable bonds is 5. The summed E-state index contributed by atoms with van der Waals surface area (Å²) in [5.74, 6) is 0.321. The first kappa shape index (κ1) is 16.3. The van der Waals surface area contributed by atoms with Crippen molar-refractivity contribution in [2.45, 2.75) is 20.5 Å². The zero-order valence-electron chi connectivity index (χ0n) is 12.4. The first-order valence-corrected chi connectivity index (χ1v) is 7.24. The van der Waals surface area contributed by atoms with Crippen molar-refractivity contribution in [1.29, 1.82) is 0 Å². The second kappa shape index (κ2) is 7.24. The van der Waals surface area contributed by atoms with Crippen LogP contribution in [0, 0.1) is 6.92 Å². The molecule has 1 heterocycles. The van der Waals surface area contributed by atoms with Crippen LogP contribution < -0.4 is 10.1 Å². The summed E-state index contributed by atoms with van der Waals surface area (Å²) in [6.45, 7) is 3.93. The van der Waals surface area contributed by atoms with Crippen molar-refractivity contribution in [3.63, 3.8) is 0 Å². The highest BCUT2D eigenvalue weighted by Crippen LogP contribution is 2.23. The van der Waals surface area contributed by atoms with Crippen LogP contribution >= 0.6 is 11.6 Å². The van der Waals surface area contributed by atoms with Gasteiger partial charge in [0.15, 0.2) is 0 Å². The number of aryl methyl sites for hydroxylation is 1. The van der Waals surface area contributed by atoms with Gasteiger partial charge in [0.05, 0.1) is 24.5 Å². The first-order valence-electron chi connectivity index (χ1n) is 6.86. The fourth-order valence-electron chi connectivity index (χ4n) is 2.05. The van der Waals surface area contributed by atoms with Crippen molar-refractivity contribution >= 4 is 23.2 Å². The maximum absolute atomic E-state index is 12.3. The Labute approximate surface area is 133 Å². The number of aromatic nitrogens is 1. The molecule has 0 aliphatic carbocycles. The zero-order valence-corrected chi connectivity index (χ0v) is 13.1. The predicted molar refractivity (Wildman–Crippen MR) is 85.5 cm³/mol. The van der Waals surface area contributed by atoms with Crippen molar-refractivity contribution < 1.29 is 14.6 Å². The Morgan fingerprint density at radius 1 is 1.36 bits per heavy atom. The monoisotopic (exact) mass is 320 g/mol. The molecule has 0 saturated heterocycles. The van der Waals surface area contributed by atoms with Crippen molar-refractivity contribution in [1.82, 2.24) is 4.98 Å². The van der Waals surface area contributed by atoms with E-state index in [-0.39, 0.29) is 12.5 Å². The average Bonchev–Trinajstić information content (AvgIpc) is 2.48. The van der Waals surface area contributed by atoms with E-state index in [2.05, 4.69) is 10.3 Å². The molecule has 0 atom stereocenters. The smallest absolute Gasteiger partial charge is 0.257 e. The fourth-order valence-corrected chi connectivity index (χ4v) is 2.24. The maximum atomic E-state index is 12.3. The number of carbonyl (C=O) groups is 1. The van der Waals surface area contributed by atoms with E-state index in [1.807, 2.05) is 6.92 Å². The molecule has 0 spiro atoms. The van der Waals surface area contributed by atoms with E-state index in [4.69, 9.17) is 16.3 Å². The number of nitrogens with one attached hydrogen (secondary N) is 1. The number of ether oxygens (including phenoxy) is 1. The van der Waals surface area contributed by atoms with Crippen LogP contribution in [0.2, 0.25) is 5.15 Å². The van der Waals surface area contributed by atoms with Gasteiger partial charge in [-0.2, -0.15) is 0 Å². The molecular formula is C16H17ClN2O3. The van der Waals surface area contributed by atoms with Gasteiger partial charge in [0.1, 0.15) is 10.9 Å². The predicted octanol–water partition coefficient (Wildman–Crippen LogP) is 3.19. The van der Waals surface area contributed by atoms with Crippen molar-refractivity contribution in [3.05, 3.63) is 52.3 Å². The van der Waals surface area contributed by atoms with Crippen LogP contribution in [0.25, 0.3) is 0 Å². The number of carbonyl (C=O) groups excluding carboxylic acids is 1. The van der Waals surface area contributed by atoms with Gasteiger partial charge in [-0.25, -0.2) is 4.98 Å². The lowest BCUT2D eigenvalue weighted by Crippen LogP contribution is -2.14. The van der Waals surface area contributed by atoms with E-state index >= 15 is 0 Å². The third kappa shape index (κ3) is 3.75. The fraction of sp³-hybridized carbons (Fsp3) is 0.250. The summed E-state index contributed by atoms with van der Waals surface area (Å²) in [4.78, 5) is 16.3. The summed E-state index contributed by atoms with van der Waals surface area (Å²) in [6, 6.07) is 8.32.